The molecule has 0 unspecified atom stereocenters. The Kier molecular flexibility index (Phi) is 5.54. The number of halogens is 2. The Morgan fingerprint density at radius 1 is 1.29 bits per heavy atom. The summed E-state index contributed by atoms with van der Waals surface area (Å²) in [5.74, 6) is 0.458. The molecule has 1 aromatic rings. The summed E-state index contributed by atoms with van der Waals surface area (Å²) in [4.78, 5) is 0.0536. The number of benzene rings is 1. The van der Waals surface area contributed by atoms with Gasteiger partial charge < -0.3 is 5.32 Å². The van der Waals surface area contributed by atoms with Gasteiger partial charge in [-0.05, 0) is 36.5 Å². The van der Waals surface area contributed by atoms with Crippen molar-refractivity contribution < 1.29 is 8.42 Å². The molecular formula is C14H20Cl2N2O2S. The van der Waals surface area contributed by atoms with Crippen LogP contribution in [0.5, 0.6) is 0 Å². The molecule has 1 aromatic carbocycles. The van der Waals surface area contributed by atoms with Crippen molar-refractivity contribution in [1.82, 2.24) is 10.0 Å². The number of sulfonamides is 1. The molecule has 0 heterocycles. The molecule has 7 heteroatoms. The summed E-state index contributed by atoms with van der Waals surface area (Å²) >= 11 is 12.3. The minimum Gasteiger partial charge on any atom is -0.310 e. The SMILES string of the molecule is CC(C)NCc1cc(Cl)cc(S(=O)(=O)NCC2CC2)c1Cl. The zero-order valence-electron chi connectivity index (χ0n) is 12.1. The van der Waals surface area contributed by atoms with E-state index in [0.717, 1.165) is 12.8 Å². The highest BCUT2D eigenvalue weighted by atomic mass is 35.5. The highest BCUT2D eigenvalue weighted by Crippen LogP contribution is 2.31. The molecule has 2 N–H and O–H groups in total. The van der Waals surface area contributed by atoms with Crippen molar-refractivity contribution >= 4 is 33.2 Å². The van der Waals surface area contributed by atoms with Crippen LogP contribution in [0.1, 0.15) is 32.3 Å². The van der Waals surface area contributed by atoms with Gasteiger partial charge in [-0.2, -0.15) is 0 Å². The van der Waals surface area contributed by atoms with Crippen LogP contribution in [0.25, 0.3) is 0 Å². The van der Waals surface area contributed by atoms with Crippen LogP contribution < -0.4 is 10.0 Å². The van der Waals surface area contributed by atoms with Crippen molar-refractivity contribution in [1.29, 1.82) is 0 Å². The highest BCUT2D eigenvalue weighted by molar-refractivity contribution is 7.89. The van der Waals surface area contributed by atoms with Gasteiger partial charge in [0.15, 0.2) is 0 Å². The predicted molar refractivity (Wildman–Crippen MR) is 86.4 cm³/mol. The standard InChI is InChI=1S/C14H20Cl2N2O2S/c1-9(2)17-8-11-5-12(15)6-13(14(11)16)21(19,20)18-7-10-3-4-10/h5-6,9-10,17-18H,3-4,7-8H2,1-2H3. The molecule has 1 aliphatic carbocycles. The lowest BCUT2D eigenvalue weighted by molar-refractivity contribution is 0.575. The number of hydrogen-bond donors (Lipinski definition) is 2. The van der Waals surface area contributed by atoms with Crippen molar-refractivity contribution in [3.8, 4) is 0 Å². The van der Waals surface area contributed by atoms with Crippen molar-refractivity contribution in [2.24, 2.45) is 5.92 Å². The molecule has 0 aromatic heterocycles. The van der Waals surface area contributed by atoms with Crippen molar-refractivity contribution in [3.63, 3.8) is 0 Å². The molecule has 4 nitrogen and oxygen atoms in total. The summed E-state index contributed by atoms with van der Waals surface area (Å²) in [5, 5.41) is 3.81. The molecule has 21 heavy (non-hydrogen) atoms. The fraction of sp³-hybridized carbons (Fsp3) is 0.571. The molecule has 1 saturated carbocycles. The fourth-order valence-corrected chi connectivity index (χ4v) is 3.93. The van der Waals surface area contributed by atoms with Crippen LogP contribution in [-0.4, -0.2) is 21.0 Å². The van der Waals surface area contributed by atoms with Gasteiger partial charge in [-0.1, -0.05) is 37.0 Å². The number of nitrogens with one attached hydrogen (secondary N) is 2. The quantitative estimate of drug-likeness (QED) is 0.793. The summed E-state index contributed by atoms with van der Waals surface area (Å²) in [5.41, 5.74) is 0.685. The van der Waals surface area contributed by atoms with Crippen LogP contribution in [0.15, 0.2) is 17.0 Å². The zero-order valence-corrected chi connectivity index (χ0v) is 14.4. The maximum Gasteiger partial charge on any atom is 0.242 e. The van der Waals surface area contributed by atoms with E-state index in [1.54, 1.807) is 6.07 Å². The number of hydrogen-bond acceptors (Lipinski definition) is 3. The highest BCUT2D eigenvalue weighted by Gasteiger charge is 2.26. The average Bonchev–Trinajstić information content (AvgIpc) is 3.21. The molecule has 0 saturated heterocycles. The molecule has 1 fully saturated rings. The molecule has 0 aliphatic heterocycles. The van der Waals surface area contributed by atoms with Gasteiger partial charge in [0.05, 0.1) is 5.02 Å². The number of rotatable bonds is 7. The normalized spacial score (nSPS) is 15.7. The Morgan fingerprint density at radius 3 is 2.52 bits per heavy atom. The zero-order chi connectivity index (χ0) is 15.6. The van der Waals surface area contributed by atoms with Crippen LogP contribution in [0.2, 0.25) is 10.0 Å². The first-order chi connectivity index (χ1) is 9.79. The monoisotopic (exact) mass is 350 g/mol. The van der Waals surface area contributed by atoms with Crippen LogP contribution in [-0.2, 0) is 16.6 Å². The smallest absolute Gasteiger partial charge is 0.242 e. The maximum absolute atomic E-state index is 12.4. The Balaban J connectivity index is 2.24. The van der Waals surface area contributed by atoms with Crippen molar-refractivity contribution in [3.05, 3.63) is 27.7 Å². The molecule has 118 valence electrons. The molecule has 0 amide bonds. The van der Waals surface area contributed by atoms with E-state index in [1.807, 2.05) is 13.8 Å². The first-order valence-corrected chi connectivity index (χ1v) is 9.24. The van der Waals surface area contributed by atoms with E-state index in [-0.39, 0.29) is 16.0 Å². The second-order valence-electron chi connectivity index (χ2n) is 5.71. The first-order valence-electron chi connectivity index (χ1n) is 7.00. The third kappa shape index (κ3) is 4.83. The van der Waals surface area contributed by atoms with Crippen molar-refractivity contribution in [2.75, 3.05) is 6.54 Å². The predicted octanol–water partition coefficient (Wildman–Crippen LogP) is 3.18. The Morgan fingerprint density at radius 2 is 1.95 bits per heavy atom. The van der Waals surface area contributed by atoms with E-state index in [0.29, 0.717) is 29.6 Å². The van der Waals surface area contributed by atoms with Crippen LogP contribution in [0.3, 0.4) is 0 Å². The van der Waals surface area contributed by atoms with E-state index in [1.165, 1.54) is 6.07 Å². The summed E-state index contributed by atoms with van der Waals surface area (Å²) in [6.07, 6.45) is 2.16. The van der Waals surface area contributed by atoms with Gasteiger partial charge in [0.25, 0.3) is 0 Å². The Hall–Kier alpha value is -0.330. The lowest BCUT2D eigenvalue weighted by atomic mass is 10.2. The Labute approximate surface area is 136 Å². The van der Waals surface area contributed by atoms with E-state index in [9.17, 15) is 8.42 Å². The first kappa shape index (κ1) is 17.0. The molecular weight excluding hydrogens is 331 g/mol. The van der Waals surface area contributed by atoms with E-state index < -0.39 is 10.0 Å². The second-order valence-corrected chi connectivity index (χ2v) is 8.26. The van der Waals surface area contributed by atoms with E-state index in [4.69, 9.17) is 23.2 Å². The average molecular weight is 351 g/mol. The minimum atomic E-state index is -3.62. The van der Waals surface area contributed by atoms with E-state index >= 15 is 0 Å². The van der Waals surface area contributed by atoms with Gasteiger partial charge in [-0.15, -0.1) is 0 Å². The lowest BCUT2D eigenvalue weighted by Crippen LogP contribution is -2.27. The molecule has 2 rings (SSSR count). The fourth-order valence-electron chi connectivity index (χ4n) is 1.88. The van der Waals surface area contributed by atoms with Gasteiger partial charge >= 0.3 is 0 Å². The maximum atomic E-state index is 12.4. The van der Waals surface area contributed by atoms with Gasteiger partial charge in [-0.25, -0.2) is 13.1 Å². The summed E-state index contributed by atoms with van der Waals surface area (Å²) < 4.78 is 27.3. The summed E-state index contributed by atoms with van der Waals surface area (Å²) in [6.45, 7) is 4.95. The van der Waals surface area contributed by atoms with Gasteiger partial charge in [0, 0.05) is 24.2 Å². The topological polar surface area (TPSA) is 58.2 Å². The third-order valence-corrected chi connectivity index (χ3v) is 5.55. The van der Waals surface area contributed by atoms with Crippen molar-refractivity contribution in [2.45, 2.75) is 44.2 Å². The Bertz CT molecular complexity index is 614. The van der Waals surface area contributed by atoms with Gasteiger partial charge in [0.2, 0.25) is 10.0 Å². The van der Waals surface area contributed by atoms with Crippen LogP contribution in [0.4, 0.5) is 0 Å². The molecule has 0 bridgehead atoms. The summed E-state index contributed by atoms with van der Waals surface area (Å²) in [7, 11) is -3.62. The third-order valence-electron chi connectivity index (χ3n) is 3.33. The largest absolute Gasteiger partial charge is 0.310 e. The molecule has 0 radical (unpaired) electrons. The minimum absolute atomic E-state index is 0.0536. The summed E-state index contributed by atoms with van der Waals surface area (Å²) in [6, 6.07) is 3.37. The van der Waals surface area contributed by atoms with Crippen LogP contribution in [0, 0.1) is 5.92 Å². The van der Waals surface area contributed by atoms with Gasteiger partial charge in [0.1, 0.15) is 4.90 Å². The second kappa shape index (κ2) is 6.84. The molecule has 0 spiro atoms. The van der Waals surface area contributed by atoms with E-state index in [2.05, 4.69) is 10.0 Å². The molecule has 1 aliphatic rings. The molecule has 0 atom stereocenters. The lowest BCUT2D eigenvalue weighted by Gasteiger charge is -2.14. The van der Waals surface area contributed by atoms with Crippen LogP contribution >= 0.6 is 23.2 Å². The van der Waals surface area contributed by atoms with Gasteiger partial charge in [-0.3, -0.25) is 0 Å².